The highest BCUT2D eigenvalue weighted by molar-refractivity contribution is 6.04. The minimum atomic E-state index is -1.48. The minimum Gasteiger partial charge on any atom is -0.478 e. The number of rotatable bonds is 6. The standard InChI is InChI=1S/C14H17F2NO3/c1-3-8(4-2)7-17-13(18)9-5-11(15)12(16)6-10(9)14(19)20/h5-6,8H,3-4,7H2,1-2H3,(H,17,18)(H,19,20). The molecule has 0 aliphatic carbocycles. The summed E-state index contributed by atoms with van der Waals surface area (Å²) in [4.78, 5) is 22.9. The second-order valence-electron chi connectivity index (χ2n) is 4.51. The van der Waals surface area contributed by atoms with E-state index >= 15 is 0 Å². The van der Waals surface area contributed by atoms with Crippen LogP contribution in [0.5, 0.6) is 0 Å². The molecule has 110 valence electrons. The summed E-state index contributed by atoms with van der Waals surface area (Å²) in [6.45, 7) is 4.31. The molecule has 0 aliphatic heterocycles. The van der Waals surface area contributed by atoms with Crippen molar-refractivity contribution in [3.05, 3.63) is 34.9 Å². The van der Waals surface area contributed by atoms with Crippen LogP contribution >= 0.6 is 0 Å². The first-order valence-corrected chi connectivity index (χ1v) is 6.41. The molecule has 0 atom stereocenters. The van der Waals surface area contributed by atoms with E-state index in [4.69, 9.17) is 5.11 Å². The first kappa shape index (κ1) is 16.1. The third kappa shape index (κ3) is 3.76. The number of hydrogen-bond donors (Lipinski definition) is 2. The second-order valence-corrected chi connectivity index (χ2v) is 4.51. The second kappa shape index (κ2) is 6.98. The van der Waals surface area contributed by atoms with Crippen LogP contribution in [0.1, 0.15) is 47.4 Å². The zero-order valence-corrected chi connectivity index (χ0v) is 11.4. The molecule has 0 fully saturated rings. The maximum atomic E-state index is 13.2. The number of carbonyl (C=O) groups is 2. The first-order valence-electron chi connectivity index (χ1n) is 6.41. The zero-order valence-electron chi connectivity index (χ0n) is 11.4. The number of aromatic carboxylic acids is 1. The summed E-state index contributed by atoms with van der Waals surface area (Å²) in [6.07, 6.45) is 1.72. The van der Waals surface area contributed by atoms with Gasteiger partial charge in [-0.3, -0.25) is 4.79 Å². The molecule has 0 aliphatic rings. The Morgan fingerprint density at radius 1 is 1.15 bits per heavy atom. The van der Waals surface area contributed by atoms with Crippen molar-refractivity contribution in [1.82, 2.24) is 5.32 Å². The van der Waals surface area contributed by atoms with Crippen molar-refractivity contribution >= 4 is 11.9 Å². The number of halogens is 2. The molecular formula is C14H17F2NO3. The van der Waals surface area contributed by atoms with E-state index in [2.05, 4.69) is 5.32 Å². The molecule has 0 saturated heterocycles. The summed E-state index contributed by atoms with van der Waals surface area (Å²) in [5.41, 5.74) is -0.923. The Labute approximate surface area is 115 Å². The molecule has 0 heterocycles. The van der Waals surface area contributed by atoms with Gasteiger partial charge in [0.25, 0.3) is 5.91 Å². The van der Waals surface area contributed by atoms with Crippen molar-refractivity contribution in [2.75, 3.05) is 6.54 Å². The van der Waals surface area contributed by atoms with Gasteiger partial charge in [-0.15, -0.1) is 0 Å². The number of carboxylic acids is 1. The highest BCUT2D eigenvalue weighted by Crippen LogP contribution is 2.16. The molecule has 0 spiro atoms. The fraction of sp³-hybridized carbons (Fsp3) is 0.429. The third-order valence-electron chi connectivity index (χ3n) is 3.24. The number of carbonyl (C=O) groups excluding carboxylic acids is 1. The summed E-state index contributed by atoms with van der Waals surface area (Å²) in [5, 5.41) is 11.5. The van der Waals surface area contributed by atoms with Crippen LogP contribution in [0.3, 0.4) is 0 Å². The van der Waals surface area contributed by atoms with E-state index in [1.165, 1.54) is 0 Å². The van der Waals surface area contributed by atoms with Gasteiger partial charge in [0.05, 0.1) is 11.1 Å². The molecule has 0 saturated carbocycles. The molecule has 6 heteroatoms. The van der Waals surface area contributed by atoms with Gasteiger partial charge in [0, 0.05) is 6.54 Å². The fourth-order valence-corrected chi connectivity index (χ4v) is 1.82. The van der Waals surface area contributed by atoms with Crippen molar-refractivity contribution < 1.29 is 23.5 Å². The molecule has 20 heavy (non-hydrogen) atoms. The first-order chi connectivity index (χ1) is 9.40. The Bertz CT molecular complexity index is 513. The topological polar surface area (TPSA) is 66.4 Å². The van der Waals surface area contributed by atoms with Crippen molar-refractivity contribution in [3.63, 3.8) is 0 Å². The van der Waals surface area contributed by atoms with Crippen LogP contribution < -0.4 is 5.32 Å². The SMILES string of the molecule is CCC(CC)CNC(=O)c1cc(F)c(F)cc1C(=O)O. The Kier molecular flexibility index (Phi) is 5.61. The molecule has 2 N–H and O–H groups in total. The summed E-state index contributed by atoms with van der Waals surface area (Å²) >= 11 is 0. The highest BCUT2D eigenvalue weighted by Gasteiger charge is 2.20. The molecule has 1 rings (SSSR count). The highest BCUT2D eigenvalue weighted by atomic mass is 19.2. The Morgan fingerprint density at radius 3 is 2.10 bits per heavy atom. The largest absolute Gasteiger partial charge is 0.478 e. The van der Waals surface area contributed by atoms with E-state index in [0.717, 1.165) is 12.8 Å². The van der Waals surface area contributed by atoms with Gasteiger partial charge in [-0.05, 0) is 18.1 Å². The van der Waals surface area contributed by atoms with Crippen molar-refractivity contribution in [2.24, 2.45) is 5.92 Å². The summed E-state index contributed by atoms with van der Waals surface area (Å²) in [7, 11) is 0. The number of benzene rings is 1. The van der Waals surface area contributed by atoms with Crippen LogP contribution in [-0.2, 0) is 0 Å². The summed E-state index contributed by atoms with van der Waals surface area (Å²) < 4.78 is 26.2. The lowest BCUT2D eigenvalue weighted by atomic mass is 10.0. The van der Waals surface area contributed by atoms with Gasteiger partial charge in [-0.2, -0.15) is 0 Å². The minimum absolute atomic E-state index is 0.262. The number of amides is 1. The Hall–Kier alpha value is -1.98. The molecule has 0 aromatic heterocycles. The lowest BCUT2D eigenvalue weighted by Crippen LogP contribution is -2.30. The van der Waals surface area contributed by atoms with E-state index in [-0.39, 0.29) is 11.5 Å². The smallest absolute Gasteiger partial charge is 0.336 e. The average molecular weight is 285 g/mol. The van der Waals surface area contributed by atoms with Crippen molar-refractivity contribution in [2.45, 2.75) is 26.7 Å². The molecule has 0 radical (unpaired) electrons. The predicted molar refractivity (Wildman–Crippen MR) is 69.7 cm³/mol. The maximum Gasteiger partial charge on any atom is 0.336 e. The normalized spacial score (nSPS) is 10.7. The van der Waals surface area contributed by atoms with Crippen LogP contribution in [-0.4, -0.2) is 23.5 Å². The van der Waals surface area contributed by atoms with E-state index in [0.29, 0.717) is 18.7 Å². The van der Waals surface area contributed by atoms with Crippen molar-refractivity contribution in [1.29, 1.82) is 0 Å². The molecule has 0 unspecified atom stereocenters. The Morgan fingerprint density at radius 2 is 1.65 bits per heavy atom. The lowest BCUT2D eigenvalue weighted by molar-refractivity contribution is 0.0690. The van der Waals surface area contributed by atoms with Gasteiger partial charge in [-0.25, -0.2) is 13.6 Å². The van der Waals surface area contributed by atoms with Gasteiger partial charge in [0.1, 0.15) is 0 Å². The molecule has 1 amide bonds. The molecule has 1 aromatic rings. The quantitative estimate of drug-likeness (QED) is 0.844. The van der Waals surface area contributed by atoms with Gasteiger partial charge >= 0.3 is 5.97 Å². The Balaban J connectivity index is 2.97. The van der Waals surface area contributed by atoms with E-state index in [1.807, 2.05) is 13.8 Å². The van der Waals surface area contributed by atoms with Crippen LogP contribution in [0, 0.1) is 17.6 Å². The number of hydrogen-bond acceptors (Lipinski definition) is 2. The molecule has 4 nitrogen and oxygen atoms in total. The predicted octanol–water partition coefficient (Wildman–Crippen LogP) is 2.83. The molecule has 1 aromatic carbocycles. The van der Waals surface area contributed by atoms with Gasteiger partial charge in [0.15, 0.2) is 11.6 Å². The fourth-order valence-electron chi connectivity index (χ4n) is 1.82. The maximum absolute atomic E-state index is 13.2. The van der Waals surface area contributed by atoms with Crippen LogP contribution in [0.25, 0.3) is 0 Å². The van der Waals surface area contributed by atoms with E-state index in [9.17, 15) is 18.4 Å². The van der Waals surface area contributed by atoms with Gasteiger partial charge in [-0.1, -0.05) is 26.7 Å². The van der Waals surface area contributed by atoms with E-state index < -0.39 is 29.1 Å². The lowest BCUT2D eigenvalue weighted by Gasteiger charge is -2.14. The van der Waals surface area contributed by atoms with Crippen LogP contribution in [0.15, 0.2) is 12.1 Å². The van der Waals surface area contributed by atoms with Gasteiger partial charge < -0.3 is 10.4 Å². The number of nitrogens with one attached hydrogen (secondary N) is 1. The van der Waals surface area contributed by atoms with Gasteiger partial charge in [0.2, 0.25) is 0 Å². The molecular weight excluding hydrogens is 268 g/mol. The zero-order chi connectivity index (χ0) is 15.3. The van der Waals surface area contributed by atoms with E-state index in [1.54, 1.807) is 0 Å². The summed E-state index contributed by atoms with van der Waals surface area (Å²) in [5.74, 6) is -4.47. The van der Waals surface area contributed by atoms with Crippen LogP contribution in [0.4, 0.5) is 8.78 Å². The average Bonchev–Trinajstić information content (AvgIpc) is 2.41. The number of carboxylic acid groups (broad SMARTS) is 1. The summed E-state index contributed by atoms with van der Waals surface area (Å²) in [6, 6.07) is 1.13. The van der Waals surface area contributed by atoms with Crippen LogP contribution in [0.2, 0.25) is 0 Å². The third-order valence-corrected chi connectivity index (χ3v) is 3.24. The molecule has 0 bridgehead atoms. The van der Waals surface area contributed by atoms with Crippen molar-refractivity contribution in [3.8, 4) is 0 Å². The monoisotopic (exact) mass is 285 g/mol.